The van der Waals surface area contributed by atoms with Crippen LogP contribution in [0.4, 0.5) is 18.0 Å². The van der Waals surface area contributed by atoms with Crippen molar-refractivity contribution in [3.63, 3.8) is 0 Å². The summed E-state index contributed by atoms with van der Waals surface area (Å²) < 4.78 is 85.7. The number of alkyl halides is 3. The summed E-state index contributed by atoms with van der Waals surface area (Å²) in [7, 11) is -4.09. The number of sulfonamides is 1. The van der Waals surface area contributed by atoms with Gasteiger partial charge in [-0.15, -0.1) is 0 Å². The molecule has 19 heteroatoms. The van der Waals surface area contributed by atoms with E-state index in [1.807, 2.05) is 26.8 Å². The third-order valence-electron chi connectivity index (χ3n) is 12.1. The summed E-state index contributed by atoms with van der Waals surface area (Å²) in [6.07, 6.45) is -1.58. The summed E-state index contributed by atoms with van der Waals surface area (Å²) in [4.78, 5) is 62.3. The summed E-state index contributed by atoms with van der Waals surface area (Å²) in [5.41, 5.74) is -3.42. The standard InChI is InChI=1S/C43H55ClF3N5O9S/c1-24(2)59-30-14-12-27(13-15-30)32-19-29(44)20-34(48-32)60-31-21-33-36(53)50-42(38(55)51-62(57,58)41(7)16-17-41)22-28(42)11-9-8-10-25(3)18-26(4)35(37(54)52(33)23-31)49-39(56)61-40(5,6)43(45,46)47/h9,11-15,19-20,24-26,28,31,33,35H,8,10,16-18,21-23H2,1-7H3,(H,49,56)(H,50,53)(H,51,55)/b11-9-/t25-,26+,28+,31+,33-,35-,42+/m0/s1. The Balaban J connectivity index is 1.33. The molecule has 62 heavy (non-hydrogen) atoms. The molecular formula is C43H55ClF3N5O9S. The molecule has 3 fully saturated rings. The van der Waals surface area contributed by atoms with E-state index in [0.717, 1.165) is 0 Å². The molecule has 0 radical (unpaired) electrons. The van der Waals surface area contributed by atoms with E-state index >= 15 is 0 Å². The number of alkyl carbamates (subject to hydrolysis) is 1. The zero-order valence-corrected chi connectivity index (χ0v) is 37.4. The molecule has 7 atom stereocenters. The van der Waals surface area contributed by atoms with Crippen molar-refractivity contribution in [2.75, 3.05) is 6.54 Å². The van der Waals surface area contributed by atoms with Crippen molar-refractivity contribution in [2.45, 2.75) is 140 Å². The number of amides is 4. The van der Waals surface area contributed by atoms with Crippen molar-refractivity contribution in [2.24, 2.45) is 17.8 Å². The van der Waals surface area contributed by atoms with Crippen LogP contribution in [0.15, 0.2) is 48.6 Å². The molecule has 1 aromatic carbocycles. The fourth-order valence-electron chi connectivity index (χ4n) is 7.87. The van der Waals surface area contributed by atoms with Crippen LogP contribution >= 0.6 is 11.6 Å². The van der Waals surface area contributed by atoms with Crippen LogP contribution in [0.3, 0.4) is 0 Å². The van der Waals surface area contributed by atoms with Crippen LogP contribution in [-0.2, 0) is 29.1 Å². The number of aromatic nitrogens is 1. The van der Waals surface area contributed by atoms with Gasteiger partial charge in [0.05, 0.1) is 23.1 Å². The summed E-state index contributed by atoms with van der Waals surface area (Å²) in [5, 5.41) is 5.44. The first-order valence-corrected chi connectivity index (χ1v) is 22.7. The molecule has 3 heterocycles. The number of ether oxygens (including phenoxy) is 3. The molecule has 4 aliphatic rings. The van der Waals surface area contributed by atoms with E-state index in [4.69, 9.17) is 25.8 Å². The molecule has 2 aliphatic heterocycles. The highest BCUT2D eigenvalue weighted by Crippen LogP contribution is 2.48. The van der Waals surface area contributed by atoms with Crippen LogP contribution in [0.1, 0.15) is 93.4 Å². The van der Waals surface area contributed by atoms with Crippen molar-refractivity contribution >= 4 is 45.4 Å². The Morgan fingerprint density at radius 2 is 1.74 bits per heavy atom. The number of pyridine rings is 1. The SMILES string of the molecule is CC(C)Oc1ccc(-c2cc(Cl)cc(O[C@@H]3C[C@H]4C(=O)N[C@]5(C(=O)NS(=O)(=O)C6(C)CC6)C[C@H]5/C=C\CC[C@H](C)C[C@@H](C)[C@H](NC(=O)OC(C)(C)C(F)(F)F)C(=O)N4C3)n2)cc1. The van der Waals surface area contributed by atoms with Crippen molar-refractivity contribution in [3.8, 4) is 22.9 Å². The first-order chi connectivity index (χ1) is 28.8. The van der Waals surface area contributed by atoms with E-state index in [1.165, 1.54) is 17.9 Å². The average molecular weight is 910 g/mol. The highest BCUT2D eigenvalue weighted by molar-refractivity contribution is 7.91. The van der Waals surface area contributed by atoms with Gasteiger partial charge in [-0.05, 0) is 115 Å². The minimum Gasteiger partial charge on any atom is -0.491 e. The van der Waals surface area contributed by atoms with Gasteiger partial charge in [0.1, 0.15) is 29.5 Å². The fraction of sp³-hybridized carbons (Fsp3) is 0.605. The Kier molecular flexibility index (Phi) is 13.3. The van der Waals surface area contributed by atoms with Gasteiger partial charge in [-0.25, -0.2) is 18.2 Å². The van der Waals surface area contributed by atoms with Gasteiger partial charge in [-0.1, -0.05) is 37.6 Å². The van der Waals surface area contributed by atoms with Crippen molar-refractivity contribution in [1.82, 2.24) is 25.2 Å². The lowest BCUT2D eigenvalue weighted by molar-refractivity contribution is -0.244. The minimum atomic E-state index is -4.93. The summed E-state index contributed by atoms with van der Waals surface area (Å²) in [6.45, 7) is 10.1. The maximum atomic E-state index is 14.8. The lowest BCUT2D eigenvalue weighted by Crippen LogP contribution is -2.59. The Morgan fingerprint density at radius 1 is 1.06 bits per heavy atom. The number of nitrogens with one attached hydrogen (secondary N) is 3. The molecule has 0 bridgehead atoms. The Morgan fingerprint density at radius 3 is 2.37 bits per heavy atom. The summed E-state index contributed by atoms with van der Waals surface area (Å²) >= 11 is 6.53. The highest BCUT2D eigenvalue weighted by atomic mass is 35.5. The average Bonchev–Trinajstić information content (AvgIpc) is 4.04. The van der Waals surface area contributed by atoms with E-state index in [2.05, 4.69) is 20.3 Å². The van der Waals surface area contributed by atoms with Crippen LogP contribution in [0.2, 0.25) is 5.02 Å². The number of hydrogen-bond acceptors (Lipinski definition) is 10. The maximum Gasteiger partial charge on any atom is 0.427 e. The van der Waals surface area contributed by atoms with Gasteiger partial charge in [0.2, 0.25) is 33.3 Å². The predicted octanol–water partition coefficient (Wildman–Crippen LogP) is 6.86. The Bertz CT molecular complexity index is 2180. The van der Waals surface area contributed by atoms with E-state index < -0.39 is 85.9 Å². The third-order valence-corrected chi connectivity index (χ3v) is 14.5. The van der Waals surface area contributed by atoms with Crippen molar-refractivity contribution in [3.05, 3.63) is 53.6 Å². The molecular weight excluding hydrogens is 855 g/mol. The lowest BCUT2D eigenvalue weighted by atomic mass is 9.88. The van der Waals surface area contributed by atoms with Gasteiger partial charge in [0, 0.05) is 29.0 Å². The molecule has 4 amide bonds. The number of halogens is 4. The molecule has 2 aliphatic carbocycles. The molecule has 6 rings (SSSR count). The quantitative estimate of drug-likeness (QED) is 0.213. The molecule has 1 saturated heterocycles. The number of carbonyl (C=O) groups is 4. The van der Waals surface area contributed by atoms with Gasteiger partial charge >= 0.3 is 12.3 Å². The first-order valence-electron chi connectivity index (χ1n) is 20.9. The van der Waals surface area contributed by atoms with Crippen LogP contribution < -0.4 is 24.8 Å². The van der Waals surface area contributed by atoms with Gasteiger partial charge < -0.3 is 29.7 Å². The molecule has 0 spiro atoms. The number of allylic oxidation sites excluding steroid dienone is 1. The lowest BCUT2D eigenvalue weighted by Gasteiger charge is -2.34. The van der Waals surface area contributed by atoms with E-state index in [0.29, 0.717) is 63.0 Å². The largest absolute Gasteiger partial charge is 0.491 e. The maximum absolute atomic E-state index is 14.8. The van der Waals surface area contributed by atoms with Crippen LogP contribution in [0.25, 0.3) is 11.3 Å². The minimum absolute atomic E-state index is 0.0368. The third kappa shape index (κ3) is 10.4. The smallest absolute Gasteiger partial charge is 0.427 e. The molecule has 0 unspecified atom stereocenters. The number of benzene rings is 1. The molecule has 2 saturated carbocycles. The Labute approximate surface area is 365 Å². The molecule has 14 nitrogen and oxygen atoms in total. The zero-order chi connectivity index (χ0) is 45.6. The van der Waals surface area contributed by atoms with Crippen molar-refractivity contribution in [1.29, 1.82) is 0 Å². The van der Waals surface area contributed by atoms with Crippen LogP contribution in [0.5, 0.6) is 11.6 Å². The predicted molar refractivity (Wildman–Crippen MR) is 224 cm³/mol. The van der Waals surface area contributed by atoms with Gasteiger partial charge in [0.15, 0.2) is 0 Å². The van der Waals surface area contributed by atoms with Crippen molar-refractivity contribution < 1.29 is 55.0 Å². The topological polar surface area (TPSA) is 182 Å². The monoisotopic (exact) mass is 909 g/mol. The number of rotatable bonds is 10. The van der Waals surface area contributed by atoms with Gasteiger partial charge in [-0.2, -0.15) is 13.2 Å². The Hall–Kier alpha value is -4.58. The molecule has 1 aromatic heterocycles. The summed E-state index contributed by atoms with van der Waals surface area (Å²) in [5.74, 6) is -3.07. The van der Waals surface area contributed by atoms with Gasteiger partial charge in [-0.3, -0.25) is 19.1 Å². The second kappa shape index (κ2) is 17.5. The zero-order valence-electron chi connectivity index (χ0n) is 35.8. The molecule has 2 aromatic rings. The van der Waals surface area contributed by atoms with Crippen LogP contribution in [0, 0.1) is 17.8 Å². The molecule has 340 valence electrons. The van der Waals surface area contributed by atoms with E-state index in [1.54, 1.807) is 43.3 Å². The second-order valence-corrected chi connectivity index (χ2v) is 20.8. The number of carbonyl (C=O) groups excluding carboxylic acids is 4. The van der Waals surface area contributed by atoms with E-state index in [9.17, 15) is 40.8 Å². The molecule has 3 N–H and O–H groups in total. The number of fused-ring (bicyclic) bond motifs is 2. The highest BCUT2D eigenvalue weighted by Gasteiger charge is 2.63. The second-order valence-electron chi connectivity index (χ2n) is 18.2. The first kappa shape index (κ1) is 46.9. The van der Waals surface area contributed by atoms with Crippen LogP contribution in [-0.4, -0.2) is 95.0 Å². The number of hydrogen-bond donors (Lipinski definition) is 3. The summed E-state index contributed by atoms with van der Waals surface area (Å²) in [6, 6.07) is 7.45. The normalized spacial score (nSPS) is 28.3. The van der Waals surface area contributed by atoms with Gasteiger partial charge in [0.25, 0.3) is 5.91 Å². The van der Waals surface area contributed by atoms with E-state index in [-0.39, 0.29) is 42.3 Å². The number of nitrogens with zero attached hydrogens (tertiary/aromatic N) is 2. The fourth-order valence-corrected chi connectivity index (χ4v) is 9.38.